The lowest BCUT2D eigenvalue weighted by Gasteiger charge is -2.33. The van der Waals surface area contributed by atoms with Crippen LogP contribution in [-0.2, 0) is 9.47 Å². The van der Waals surface area contributed by atoms with Crippen molar-refractivity contribution in [3.05, 3.63) is 23.9 Å². The average molecular weight is 320 g/mol. The maximum atomic E-state index is 11.0. The molecule has 0 aromatic carbocycles. The minimum atomic E-state index is -0.988. The zero-order valence-electron chi connectivity index (χ0n) is 13.3. The minimum Gasteiger partial charge on any atom is -0.477 e. The molecule has 2 aliphatic rings. The maximum Gasteiger partial charge on any atom is 0.354 e. The molecule has 126 valence electrons. The van der Waals surface area contributed by atoms with Gasteiger partial charge in [-0.15, -0.1) is 0 Å². The first-order chi connectivity index (χ1) is 11.2. The van der Waals surface area contributed by atoms with Gasteiger partial charge >= 0.3 is 5.97 Å². The monoisotopic (exact) mass is 320 g/mol. The second-order valence-corrected chi connectivity index (χ2v) is 6.19. The minimum absolute atomic E-state index is 0.0929. The molecule has 6 heteroatoms. The van der Waals surface area contributed by atoms with Crippen molar-refractivity contribution in [3.8, 4) is 0 Å². The molecule has 1 N–H and O–H groups in total. The van der Waals surface area contributed by atoms with E-state index in [1.165, 1.54) is 12.5 Å². The van der Waals surface area contributed by atoms with E-state index in [4.69, 9.17) is 14.6 Å². The number of aromatic nitrogens is 1. The van der Waals surface area contributed by atoms with Gasteiger partial charge in [-0.1, -0.05) is 6.07 Å². The molecule has 1 aromatic rings. The molecule has 2 saturated heterocycles. The Kier molecular flexibility index (Phi) is 5.46. The molecule has 0 radical (unpaired) electrons. The number of ether oxygens (including phenoxy) is 2. The zero-order chi connectivity index (χ0) is 16.1. The summed E-state index contributed by atoms with van der Waals surface area (Å²) in [6.07, 6.45) is 5.90. The van der Waals surface area contributed by atoms with Crippen molar-refractivity contribution < 1.29 is 19.4 Å². The van der Waals surface area contributed by atoms with Crippen molar-refractivity contribution in [3.63, 3.8) is 0 Å². The molecule has 23 heavy (non-hydrogen) atoms. The first-order valence-corrected chi connectivity index (χ1v) is 8.41. The molecular weight excluding hydrogens is 296 g/mol. The van der Waals surface area contributed by atoms with Crippen LogP contribution in [0.2, 0.25) is 0 Å². The molecule has 0 aliphatic carbocycles. The van der Waals surface area contributed by atoms with Crippen LogP contribution >= 0.6 is 0 Å². The molecule has 1 atom stereocenters. The van der Waals surface area contributed by atoms with E-state index in [1.807, 2.05) is 6.07 Å². The fourth-order valence-corrected chi connectivity index (χ4v) is 3.15. The van der Waals surface area contributed by atoms with E-state index in [0.29, 0.717) is 6.61 Å². The first-order valence-electron chi connectivity index (χ1n) is 8.41. The SMILES string of the molecule is O=C(O)c1cccc(N2CCC(OCC3CCCCO3)CC2)n1. The summed E-state index contributed by atoms with van der Waals surface area (Å²) in [6, 6.07) is 5.13. The second kappa shape index (κ2) is 7.75. The van der Waals surface area contributed by atoms with E-state index >= 15 is 0 Å². The van der Waals surface area contributed by atoms with Crippen LogP contribution in [0.3, 0.4) is 0 Å². The number of hydrogen-bond donors (Lipinski definition) is 1. The summed E-state index contributed by atoms with van der Waals surface area (Å²) in [6.45, 7) is 3.23. The lowest BCUT2D eigenvalue weighted by atomic mass is 10.1. The van der Waals surface area contributed by atoms with Crippen LogP contribution in [0.15, 0.2) is 18.2 Å². The number of carboxylic acids is 1. The predicted octanol–water partition coefficient (Wildman–Crippen LogP) is 2.33. The van der Waals surface area contributed by atoms with E-state index in [1.54, 1.807) is 6.07 Å². The second-order valence-electron chi connectivity index (χ2n) is 6.19. The molecule has 0 bridgehead atoms. The van der Waals surface area contributed by atoms with E-state index < -0.39 is 5.97 Å². The van der Waals surface area contributed by atoms with Gasteiger partial charge in [0.2, 0.25) is 0 Å². The van der Waals surface area contributed by atoms with Gasteiger partial charge in [0.05, 0.1) is 18.8 Å². The molecule has 3 heterocycles. The molecule has 6 nitrogen and oxygen atoms in total. The zero-order valence-corrected chi connectivity index (χ0v) is 13.3. The quantitative estimate of drug-likeness (QED) is 0.898. The fourth-order valence-electron chi connectivity index (χ4n) is 3.15. The van der Waals surface area contributed by atoms with Gasteiger partial charge in [-0.05, 0) is 44.2 Å². The van der Waals surface area contributed by atoms with Crippen LogP contribution in [0.5, 0.6) is 0 Å². The number of aromatic carboxylic acids is 1. The normalized spacial score (nSPS) is 23.0. The summed E-state index contributed by atoms with van der Waals surface area (Å²) in [5.74, 6) is -0.253. The van der Waals surface area contributed by atoms with Crippen molar-refractivity contribution in [2.75, 3.05) is 31.2 Å². The van der Waals surface area contributed by atoms with Crippen molar-refractivity contribution >= 4 is 11.8 Å². The van der Waals surface area contributed by atoms with Crippen LogP contribution in [0.25, 0.3) is 0 Å². The third kappa shape index (κ3) is 4.42. The highest BCUT2D eigenvalue weighted by atomic mass is 16.5. The highest BCUT2D eigenvalue weighted by Crippen LogP contribution is 2.21. The standard InChI is InChI=1S/C17H24N2O4/c20-17(21)15-5-3-6-16(18-15)19-9-7-13(8-10-19)23-12-14-4-1-2-11-22-14/h3,5-6,13-14H,1-2,4,7-12H2,(H,20,21). The van der Waals surface area contributed by atoms with Crippen LogP contribution in [0.4, 0.5) is 5.82 Å². The van der Waals surface area contributed by atoms with Crippen molar-refractivity contribution in [1.29, 1.82) is 0 Å². The summed E-state index contributed by atoms with van der Waals surface area (Å²) in [7, 11) is 0. The number of piperidine rings is 1. The Bertz CT molecular complexity index is 523. The van der Waals surface area contributed by atoms with Gasteiger partial charge in [0, 0.05) is 19.7 Å². The number of nitrogens with zero attached hydrogens (tertiary/aromatic N) is 2. The van der Waals surface area contributed by atoms with Gasteiger partial charge in [0.15, 0.2) is 5.69 Å². The van der Waals surface area contributed by atoms with Crippen LogP contribution in [-0.4, -0.2) is 54.6 Å². The van der Waals surface area contributed by atoms with Gasteiger partial charge in [0.25, 0.3) is 0 Å². The van der Waals surface area contributed by atoms with Gasteiger partial charge in [-0.2, -0.15) is 0 Å². The molecule has 3 rings (SSSR count). The third-order valence-electron chi connectivity index (χ3n) is 4.51. The molecule has 2 fully saturated rings. The van der Waals surface area contributed by atoms with Crippen molar-refractivity contribution in [2.24, 2.45) is 0 Å². The van der Waals surface area contributed by atoms with E-state index in [0.717, 1.165) is 51.2 Å². The predicted molar refractivity (Wildman–Crippen MR) is 86.0 cm³/mol. The smallest absolute Gasteiger partial charge is 0.354 e. The number of carboxylic acid groups (broad SMARTS) is 1. The highest BCUT2D eigenvalue weighted by Gasteiger charge is 2.23. The van der Waals surface area contributed by atoms with Gasteiger partial charge < -0.3 is 19.5 Å². The average Bonchev–Trinajstić information content (AvgIpc) is 2.61. The summed E-state index contributed by atoms with van der Waals surface area (Å²) in [5, 5.41) is 9.03. The molecule has 0 amide bonds. The summed E-state index contributed by atoms with van der Waals surface area (Å²) < 4.78 is 11.7. The molecule has 0 spiro atoms. The Morgan fingerprint density at radius 2 is 2.13 bits per heavy atom. The van der Waals surface area contributed by atoms with Gasteiger partial charge in [-0.3, -0.25) is 0 Å². The Morgan fingerprint density at radius 1 is 1.30 bits per heavy atom. The van der Waals surface area contributed by atoms with E-state index in [9.17, 15) is 4.79 Å². The Morgan fingerprint density at radius 3 is 2.83 bits per heavy atom. The van der Waals surface area contributed by atoms with Crippen LogP contribution in [0.1, 0.15) is 42.6 Å². The van der Waals surface area contributed by atoms with Gasteiger partial charge in [0.1, 0.15) is 5.82 Å². The van der Waals surface area contributed by atoms with Crippen molar-refractivity contribution in [1.82, 2.24) is 4.98 Å². The van der Waals surface area contributed by atoms with E-state index in [-0.39, 0.29) is 17.9 Å². The summed E-state index contributed by atoms with van der Waals surface area (Å²) in [5.41, 5.74) is 0.0929. The summed E-state index contributed by atoms with van der Waals surface area (Å²) >= 11 is 0. The maximum absolute atomic E-state index is 11.0. The Labute approximate surface area is 136 Å². The lowest BCUT2D eigenvalue weighted by Crippen LogP contribution is -2.39. The van der Waals surface area contributed by atoms with E-state index in [2.05, 4.69) is 9.88 Å². The largest absolute Gasteiger partial charge is 0.477 e. The van der Waals surface area contributed by atoms with Crippen LogP contribution in [0, 0.1) is 0 Å². The number of rotatable bonds is 5. The third-order valence-corrected chi connectivity index (χ3v) is 4.51. The first kappa shape index (κ1) is 16.2. The van der Waals surface area contributed by atoms with Crippen LogP contribution < -0.4 is 4.90 Å². The van der Waals surface area contributed by atoms with Crippen molar-refractivity contribution in [2.45, 2.75) is 44.3 Å². The number of anilines is 1. The topological polar surface area (TPSA) is 71.9 Å². The number of pyridine rings is 1. The molecule has 1 aromatic heterocycles. The lowest BCUT2D eigenvalue weighted by molar-refractivity contribution is -0.0672. The highest BCUT2D eigenvalue weighted by molar-refractivity contribution is 5.85. The Hall–Kier alpha value is -1.66. The molecule has 1 unspecified atom stereocenters. The number of carbonyl (C=O) groups is 1. The molecule has 0 saturated carbocycles. The molecule has 2 aliphatic heterocycles. The fraction of sp³-hybridized carbons (Fsp3) is 0.647. The molecular formula is C17H24N2O4. The van der Waals surface area contributed by atoms with Gasteiger partial charge in [-0.25, -0.2) is 9.78 Å². The summed E-state index contributed by atoms with van der Waals surface area (Å²) in [4.78, 5) is 17.3. The number of hydrogen-bond acceptors (Lipinski definition) is 5. The Balaban J connectivity index is 1.46.